The molecule has 0 aliphatic heterocycles. The first kappa shape index (κ1) is 12.6. The van der Waals surface area contributed by atoms with Crippen LogP contribution in [-0.4, -0.2) is 21.3 Å². The van der Waals surface area contributed by atoms with Gasteiger partial charge >= 0.3 is 0 Å². The molecule has 1 amide bonds. The predicted molar refractivity (Wildman–Crippen MR) is 71.5 cm³/mol. The van der Waals surface area contributed by atoms with Gasteiger partial charge in [0.05, 0.1) is 5.69 Å². The van der Waals surface area contributed by atoms with Gasteiger partial charge in [-0.1, -0.05) is 6.07 Å². The Hall–Kier alpha value is -1.84. The summed E-state index contributed by atoms with van der Waals surface area (Å²) in [6.07, 6.45) is 3.21. The average Bonchev–Trinajstić information content (AvgIpc) is 2.61. The van der Waals surface area contributed by atoms with Crippen LogP contribution in [0.15, 0.2) is 24.4 Å². The normalized spacial score (nSPS) is 11.1. The molecule has 2 rings (SSSR count). The largest absolute Gasteiger partial charge is 0.354 e. The van der Waals surface area contributed by atoms with Crippen molar-refractivity contribution < 1.29 is 4.79 Å². The minimum absolute atomic E-state index is 0.0929. The molecule has 0 atom stereocenters. The van der Waals surface area contributed by atoms with Crippen LogP contribution in [0.1, 0.15) is 31.7 Å². The number of hydrogen-bond donors (Lipinski definition) is 1. The van der Waals surface area contributed by atoms with Crippen LogP contribution in [0.2, 0.25) is 0 Å². The molecule has 0 bridgehead atoms. The molecule has 96 valence electrons. The molecule has 0 fully saturated rings. The van der Waals surface area contributed by atoms with Crippen molar-refractivity contribution in [2.45, 2.75) is 39.7 Å². The maximum Gasteiger partial charge on any atom is 0.220 e. The Morgan fingerprint density at radius 3 is 2.94 bits per heavy atom. The van der Waals surface area contributed by atoms with Crippen LogP contribution < -0.4 is 5.32 Å². The second-order valence-electron chi connectivity index (χ2n) is 4.79. The van der Waals surface area contributed by atoms with Gasteiger partial charge in [-0.3, -0.25) is 4.79 Å². The summed E-state index contributed by atoms with van der Waals surface area (Å²) in [7, 11) is 0. The fraction of sp³-hybridized carbons (Fsp3) is 0.429. The number of carbonyl (C=O) groups excluding carboxylic acids is 1. The molecule has 4 nitrogen and oxygen atoms in total. The molecule has 0 aromatic carbocycles. The molecule has 0 saturated heterocycles. The third-order valence-corrected chi connectivity index (χ3v) is 2.87. The Morgan fingerprint density at radius 1 is 1.44 bits per heavy atom. The van der Waals surface area contributed by atoms with Crippen molar-refractivity contribution in [1.82, 2.24) is 14.7 Å². The van der Waals surface area contributed by atoms with Gasteiger partial charge in [0, 0.05) is 24.4 Å². The molecular formula is C14H19N3O. The summed E-state index contributed by atoms with van der Waals surface area (Å²) in [5.41, 5.74) is 3.05. The summed E-state index contributed by atoms with van der Waals surface area (Å²) in [6.45, 7) is 5.93. The van der Waals surface area contributed by atoms with Gasteiger partial charge in [0.1, 0.15) is 5.65 Å². The van der Waals surface area contributed by atoms with Gasteiger partial charge < -0.3 is 9.72 Å². The molecule has 4 heteroatoms. The first-order valence-corrected chi connectivity index (χ1v) is 6.30. The molecule has 0 aliphatic carbocycles. The third kappa shape index (κ3) is 2.70. The maximum absolute atomic E-state index is 11.7. The third-order valence-electron chi connectivity index (χ3n) is 2.87. The molecule has 0 unspecified atom stereocenters. The van der Waals surface area contributed by atoms with Gasteiger partial charge in [0.2, 0.25) is 5.91 Å². The van der Waals surface area contributed by atoms with Crippen molar-refractivity contribution in [2.24, 2.45) is 0 Å². The van der Waals surface area contributed by atoms with Crippen molar-refractivity contribution in [3.05, 3.63) is 35.8 Å². The zero-order valence-electron chi connectivity index (χ0n) is 11.1. The number of amides is 1. The van der Waals surface area contributed by atoms with E-state index in [2.05, 4.69) is 14.7 Å². The number of aryl methyl sites for hydroxylation is 2. The predicted octanol–water partition coefficient (Wildman–Crippen LogP) is 2.10. The summed E-state index contributed by atoms with van der Waals surface area (Å²) in [5.74, 6) is 0.0929. The summed E-state index contributed by atoms with van der Waals surface area (Å²) < 4.78 is 2.05. The smallest absolute Gasteiger partial charge is 0.220 e. The van der Waals surface area contributed by atoms with Gasteiger partial charge in [-0.05, 0) is 39.3 Å². The number of hydrogen-bond acceptors (Lipinski definition) is 2. The minimum atomic E-state index is 0.0929. The lowest BCUT2D eigenvalue weighted by atomic mass is 10.2. The van der Waals surface area contributed by atoms with Crippen LogP contribution in [0.4, 0.5) is 0 Å². The number of nitrogens with zero attached hydrogens (tertiary/aromatic N) is 2. The van der Waals surface area contributed by atoms with Crippen LogP contribution in [0.5, 0.6) is 0 Å². The summed E-state index contributed by atoms with van der Waals surface area (Å²) in [4.78, 5) is 16.1. The molecule has 18 heavy (non-hydrogen) atoms. The molecule has 0 aliphatic rings. The van der Waals surface area contributed by atoms with Gasteiger partial charge in [-0.15, -0.1) is 0 Å². The molecule has 0 saturated carbocycles. The topological polar surface area (TPSA) is 46.4 Å². The van der Waals surface area contributed by atoms with Crippen LogP contribution >= 0.6 is 0 Å². The van der Waals surface area contributed by atoms with E-state index in [1.165, 1.54) is 0 Å². The first-order valence-electron chi connectivity index (χ1n) is 6.30. The van der Waals surface area contributed by atoms with Gasteiger partial charge in [0.15, 0.2) is 0 Å². The minimum Gasteiger partial charge on any atom is -0.354 e. The van der Waals surface area contributed by atoms with E-state index < -0.39 is 0 Å². The van der Waals surface area contributed by atoms with Crippen molar-refractivity contribution in [2.75, 3.05) is 0 Å². The Labute approximate surface area is 107 Å². The Bertz CT molecular complexity index is 557. The Morgan fingerprint density at radius 2 is 2.22 bits per heavy atom. The fourth-order valence-electron chi connectivity index (χ4n) is 2.09. The first-order chi connectivity index (χ1) is 8.58. The van der Waals surface area contributed by atoms with Crippen LogP contribution in [0, 0.1) is 6.92 Å². The number of nitrogens with one attached hydrogen (secondary N) is 1. The molecule has 2 heterocycles. The van der Waals surface area contributed by atoms with Crippen LogP contribution in [0.25, 0.3) is 5.65 Å². The maximum atomic E-state index is 11.7. The standard InChI is InChI=1S/C14H19N3O/c1-10(2)15-14(18)8-7-12-11(3)16-13-6-4-5-9-17(12)13/h4-6,9-10H,7-8H2,1-3H3,(H,15,18). The van der Waals surface area contributed by atoms with E-state index in [1.807, 2.05) is 45.2 Å². The highest BCUT2D eigenvalue weighted by Gasteiger charge is 2.10. The summed E-state index contributed by atoms with van der Waals surface area (Å²) >= 11 is 0. The summed E-state index contributed by atoms with van der Waals surface area (Å²) in [5, 5.41) is 2.90. The molecule has 0 spiro atoms. The van der Waals surface area contributed by atoms with E-state index in [-0.39, 0.29) is 11.9 Å². The second kappa shape index (κ2) is 5.21. The average molecular weight is 245 g/mol. The molecule has 0 radical (unpaired) electrons. The highest BCUT2D eigenvalue weighted by Crippen LogP contribution is 2.13. The number of pyridine rings is 1. The SMILES string of the molecule is Cc1nc2ccccn2c1CCC(=O)NC(C)C. The quantitative estimate of drug-likeness (QED) is 0.896. The Kier molecular flexibility index (Phi) is 3.65. The fourth-order valence-corrected chi connectivity index (χ4v) is 2.09. The number of imidazole rings is 1. The second-order valence-corrected chi connectivity index (χ2v) is 4.79. The van der Waals surface area contributed by atoms with Crippen molar-refractivity contribution in [3.63, 3.8) is 0 Å². The van der Waals surface area contributed by atoms with Crippen LogP contribution in [-0.2, 0) is 11.2 Å². The van der Waals surface area contributed by atoms with E-state index in [4.69, 9.17) is 0 Å². The van der Waals surface area contributed by atoms with E-state index in [0.717, 1.165) is 23.5 Å². The molecule has 1 N–H and O–H groups in total. The van der Waals surface area contributed by atoms with E-state index in [0.29, 0.717) is 6.42 Å². The highest BCUT2D eigenvalue weighted by atomic mass is 16.1. The van der Waals surface area contributed by atoms with Crippen molar-refractivity contribution >= 4 is 11.6 Å². The van der Waals surface area contributed by atoms with Gasteiger partial charge in [-0.2, -0.15) is 0 Å². The van der Waals surface area contributed by atoms with E-state index >= 15 is 0 Å². The van der Waals surface area contributed by atoms with Crippen LogP contribution in [0.3, 0.4) is 0 Å². The van der Waals surface area contributed by atoms with Gasteiger partial charge in [-0.25, -0.2) is 4.98 Å². The van der Waals surface area contributed by atoms with Gasteiger partial charge in [0.25, 0.3) is 0 Å². The lowest BCUT2D eigenvalue weighted by Crippen LogP contribution is -2.30. The Balaban J connectivity index is 2.12. The summed E-state index contributed by atoms with van der Waals surface area (Å²) in [6, 6.07) is 6.12. The number of fused-ring (bicyclic) bond motifs is 1. The van der Waals surface area contributed by atoms with Crippen molar-refractivity contribution in [3.8, 4) is 0 Å². The lowest BCUT2D eigenvalue weighted by molar-refractivity contribution is -0.121. The number of carbonyl (C=O) groups is 1. The zero-order valence-corrected chi connectivity index (χ0v) is 11.1. The van der Waals surface area contributed by atoms with E-state index in [1.54, 1.807) is 0 Å². The van der Waals surface area contributed by atoms with E-state index in [9.17, 15) is 4.79 Å². The lowest BCUT2D eigenvalue weighted by Gasteiger charge is -2.08. The molecule has 2 aromatic rings. The highest BCUT2D eigenvalue weighted by molar-refractivity contribution is 5.76. The zero-order chi connectivity index (χ0) is 13.1. The number of rotatable bonds is 4. The molecule has 2 aromatic heterocycles. The monoisotopic (exact) mass is 245 g/mol. The number of aromatic nitrogens is 2. The van der Waals surface area contributed by atoms with Crippen molar-refractivity contribution in [1.29, 1.82) is 0 Å². The molecular weight excluding hydrogens is 226 g/mol.